The number of nitrogens with zero attached hydrogens (tertiary/aromatic N) is 2. The molecule has 0 saturated carbocycles. The molecule has 0 atom stereocenters. The number of thiazole rings is 2. The van der Waals surface area contributed by atoms with Crippen molar-refractivity contribution in [1.82, 2.24) is 9.97 Å². The zero-order chi connectivity index (χ0) is 17.9. The van der Waals surface area contributed by atoms with Gasteiger partial charge in [-0.3, -0.25) is 10.1 Å². The number of nitrogens with one attached hydrogen (secondary N) is 1. The number of hydrogen-bond acceptors (Lipinski definition) is 6. The molecule has 0 spiro atoms. The van der Waals surface area contributed by atoms with E-state index < -0.39 is 0 Å². The number of carbonyl (C=O) groups excluding carboxylic acids is 1. The molecule has 4 aromatic rings. The Kier molecular flexibility index (Phi) is 4.92. The van der Waals surface area contributed by atoms with Gasteiger partial charge in [-0.25, -0.2) is 9.97 Å². The summed E-state index contributed by atoms with van der Waals surface area (Å²) >= 11 is 4.54. The largest absolute Gasteiger partial charge is 0.297 e. The van der Waals surface area contributed by atoms with Crippen molar-refractivity contribution in [3.05, 3.63) is 74.4 Å². The van der Waals surface area contributed by atoms with Gasteiger partial charge in [0.25, 0.3) is 5.91 Å². The molecule has 3 aromatic heterocycles. The minimum atomic E-state index is -0.151. The van der Waals surface area contributed by atoms with E-state index in [2.05, 4.69) is 27.4 Å². The molecule has 1 amide bonds. The molecule has 3 heterocycles. The Morgan fingerprint density at radius 2 is 2.00 bits per heavy atom. The van der Waals surface area contributed by atoms with Crippen molar-refractivity contribution in [2.24, 2.45) is 0 Å². The molecule has 0 unspecified atom stereocenters. The Bertz CT molecular complexity index is 1020. The number of hydrogen-bond donors (Lipinski definition) is 1. The summed E-state index contributed by atoms with van der Waals surface area (Å²) in [6.07, 6.45) is 2.64. The van der Waals surface area contributed by atoms with Crippen LogP contribution in [0.4, 0.5) is 5.13 Å². The maximum atomic E-state index is 12.6. The number of amides is 1. The summed E-state index contributed by atoms with van der Waals surface area (Å²) in [6.45, 7) is 1.87. The van der Waals surface area contributed by atoms with E-state index in [0.29, 0.717) is 10.0 Å². The van der Waals surface area contributed by atoms with Crippen LogP contribution in [0.2, 0.25) is 0 Å². The van der Waals surface area contributed by atoms with Gasteiger partial charge in [-0.15, -0.1) is 22.7 Å². The Balaban J connectivity index is 1.47. The van der Waals surface area contributed by atoms with E-state index in [4.69, 9.17) is 0 Å². The first-order valence-electron chi connectivity index (χ1n) is 7.99. The molecule has 0 aliphatic carbocycles. The quantitative estimate of drug-likeness (QED) is 0.485. The highest BCUT2D eigenvalue weighted by Gasteiger charge is 2.17. The Hall–Kier alpha value is -2.35. The number of anilines is 1. The Morgan fingerprint density at radius 1 is 1.15 bits per heavy atom. The third-order valence-electron chi connectivity index (χ3n) is 3.77. The normalized spacial score (nSPS) is 10.8. The van der Waals surface area contributed by atoms with Crippen molar-refractivity contribution in [2.75, 3.05) is 5.32 Å². The van der Waals surface area contributed by atoms with Crippen molar-refractivity contribution in [3.63, 3.8) is 0 Å². The van der Waals surface area contributed by atoms with E-state index in [1.54, 1.807) is 11.3 Å². The molecule has 1 aromatic carbocycles. The number of aromatic nitrogens is 2. The molecule has 0 bridgehead atoms. The number of thiophene rings is 1. The monoisotopic (exact) mass is 397 g/mol. The third-order valence-corrected chi connectivity index (χ3v) is 6.57. The van der Waals surface area contributed by atoms with Crippen LogP contribution in [0.15, 0.2) is 53.4 Å². The summed E-state index contributed by atoms with van der Waals surface area (Å²) in [6, 6.07) is 12.2. The first-order chi connectivity index (χ1) is 12.7. The SMILES string of the molecule is Cc1nc(-c2ccsc2)sc1C(=O)Nc1ncc(Cc2ccccc2)s1. The van der Waals surface area contributed by atoms with Gasteiger partial charge in [0.05, 0.1) is 5.69 Å². The Labute approximate surface area is 163 Å². The molecule has 4 nitrogen and oxygen atoms in total. The number of benzene rings is 1. The van der Waals surface area contributed by atoms with Gasteiger partial charge in [0.1, 0.15) is 9.88 Å². The van der Waals surface area contributed by atoms with Crippen LogP contribution < -0.4 is 5.32 Å². The molecule has 26 heavy (non-hydrogen) atoms. The summed E-state index contributed by atoms with van der Waals surface area (Å²) in [5.41, 5.74) is 3.03. The molecule has 0 aliphatic heterocycles. The molecule has 130 valence electrons. The van der Waals surface area contributed by atoms with Crippen LogP contribution >= 0.6 is 34.0 Å². The van der Waals surface area contributed by atoms with Gasteiger partial charge in [0.15, 0.2) is 5.13 Å². The first kappa shape index (κ1) is 17.1. The lowest BCUT2D eigenvalue weighted by atomic mass is 10.1. The van der Waals surface area contributed by atoms with Crippen LogP contribution in [0, 0.1) is 6.92 Å². The molecule has 7 heteroatoms. The van der Waals surface area contributed by atoms with Gasteiger partial charge in [0, 0.05) is 28.4 Å². The van der Waals surface area contributed by atoms with Crippen LogP contribution in [0.5, 0.6) is 0 Å². The van der Waals surface area contributed by atoms with Gasteiger partial charge < -0.3 is 0 Å². The van der Waals surface area contributed by atoms with Gasteiger partial charge in [-0.05, 0) is 23.9 Å². The number of rotatable bonds is 5. The zero-order valence-electron chi connectivity index (χ0n) is 13.9. The lowest BCUT2D eigenvalue weighted by Gasteiger charge is -1.99. The van der Waals surface area contributed by atoms with E-state index in [1.165, 1.54) is 28.2 Å². The summed E-state index contributed by atoms with van der Waals surface area (Å²) in [5.74, 6) is -0.151. The standard InChI is InChI=1S/C19H15N3OS3/c1-12-16(26-18(21-12)14-7-8-24-11-14)17(23)22-19-20-10-15(25-19)9-13-5-3-2-4-6-13/h2-8,10-11H,9H2,1H3,(H,20,22,23). The fourth-order valence-corrected chi connectivity index (χ4v) is 5.03. The van der Waals surface area contributed by atoms with Gasteiger partial charge in [-0.2, -0.15) is 11.3 Å². The zero-order valence-corrected chi connectivity index (χ0v) is 16.4. The lowest BCUT2D eigenvalue weighted by Crippen LogP contribution is -2.11. The van der Waals surface area contributed by atoms with Crippen molar-refractivity contribution >= 4 is 45.0 Å². The second-order valence-corrected chi connectivity index (χ2v) is 8.59. The summed E-state index contributed by atoms with van der Waals surface area (Å²) in [4.78, 5) is 23.2. The second-order valence-electron chi connectivity index (χ2n) is 5.69. The molecular weight excluding hydrogens is 382 g/mol. The van der Waals surface area contributed by atoms with Crippen molar-refractivity contribution in [1.29, 1.82) is 0 Å². The minimum absolute atomic E-state index is 0.151. The predicted octanol–water partition coefficient (Wildman–Crippen LogP) is 5.48. The second kappa shape index (κ2) is 7.49. The molecule has 0 saturated heterocycles. The smallest absolute Gasteiger partial charge is 0.269 e. The van der Waals surface area contributed by atoms with Crippen LogP contribution in [-0.4, -0.2) is 15.9 Å². The molecule has 0 fully saturated rings. The van der Waals surface area contributed by atoms with Crippen molar-refractivity contribution < 1.29 is 4.79 Å². The topological polar surface area (TPSA) is 54.9 Å². The average Bonchev–Trinajstić information content (AvgIpc) is 3.37. The fraction of sp³-hybridized carbons (Fsp3) is 0.105. The van der Waals surface area contributed by atoms with E-state index in [-0.39, 0.29) is 5.91 Å². The molecule has 0 aliphatic rings. The highest BCUT2D eigenvalue weighted by Crippen LogP contribution is 2.30. The maximum absolute atomic E-state index is 12.6. The van der Waals surface area contributed by atoms with Gasteiger partial charge in [-0.1, -0.05) is 30.3 Å². The highest BCUT2D eigenvalue weighted by atomic mass is 32.1. The van der Waals surface area contributed by atoms with Crippen LogP contribution in [-0.2, 0) is 6.42 Å². The summed E-state index contributed by atoms with van der Waals surface area (Å²) in [7, 11) is 0. The number of carbonyl (C=O) groups is 1. The fourth-order valence-electron chi connectivity index (χ4n) is 2.51. The molecular formula is C19H15N3OS3. The highest BCUT2D eigenvalue weighted by molar-refractivity contribution is 7.18. The maximum Gasteiger partial charge on any atom is 0.269 e. The molecule has 1 N–H and O–H groups in total. The third kappa shape index (κ3) is 3.75. The van der Waals surface area contributed by atoms with Gasteiger partial charge in [0.2, 0.25) is 0 Å². The lowest BCUT2D eigenvalue weighted by molar-refractivity contribution is 0.103. The van der Waals surface area contributed by atoms with Crippen LogP contribution in [0.1, 0.15) is 25.8 Å². The van der Waals surface area contributed by atoms with Gasteiger partial charge >= 0.3 is 0 Å². The van der Waals surface area contributed by atoms with E-state index in [9.17, 15) is 4.79 Å². The first-order valence-corrected chi connectivity index (χ1v) is 10.6. The van der Waals surface area contributed by atoms with Crippen LogP contribution in [0.25, 0.3) is 10.6 Å². The molecule has 0 radical (unpaired) electrons. The van der Waals surface area contributed by atoms with Crippen molar-refractivity contribution in [3.8, 4) is 10.6 Å². The minimum Gasteiger partial charge on any atom is -0.297 e. The average molecular weight is 398 g/mol. The van der Waals surface area contributed by atoms with E-state index >= 15 is 0 Å². The Morgan fingerprint density at radius 3 is 2.77 bits per heavy atom. The van der Waals surface area contributed by atoms with Crippen molar-refractivity contribution in [2.45, 2.75) is 13.3 Å². The summed E-state index contributed by atoms with van der Waals surface area (Å²) in [5, 5.41) is 8.44. The molecule has 4 rings (SSSR count). The van der Waals surface area contributed by atoms with Crippen LogP contribution in [0.3, 0.4) is 0 Å². The van der Waals surface area contributed by atoms with E-state index in [1.807, 2.05) is 48.1 Å². The van der Waals surface area contributed by atoms with E-state index in [0.717, 1.165) is 27.6 Å². The number of aryl methyl sites for hydroxylation is 1. The predicted molar refractivity (Wildman–Crippen MR) is 109 cm³/mol. The summed E-state index contributed by atoms with van der Waals surface area (Å²) < 4.78 is 0.